The van der Waals surface area contributed by atoms with Crippen molar-refractivity contribution in [2.45, 2.75) is 20.3 Å². The molecule has 0 radical (unpaired) electrons. The molecule has 3 aromatic heterocycles. The molecular weight excluding hydrogens is 414 g/mol. The van der Waals surface area contributed by atoms with Gasteiger partial charge in [0.1, 0.15) is 17.3 Å². The second kappa shape index (κ2) is 8.97. The Labute approximate surface area is 182 Å². The molecule has 9 heteroatoms. The molecule has 0 fully saturated rings. The van der Waals surface area contributed by atoms with Gasteiger partial charge in [0.15, 0.2) is 0 Å². The Morgan fingerprint density at radius 3 is 2.77 bits per heavy atom. The van der Waals surface area contributed by atoms with Crippen LogP contribution < -0.4 is 15.6 Å². The first kappa shape index (κ1) is 20.5. The lowest BCUT2D eigenvalue weighted by atomic mass is 10.2. The minimum Gasteiger partial charge on any atom is -0.493 e. The molecule has 0 aliphatic heterocycles. The number of nitrogens with one attached hydrogen (secondary N) is 2. The van der Waals surface area contributed by atoms with Gasteiger partial charge in [-0.1, -0.05) is 25.1 Å². The molecule has 2 N–H and O–H groups in total. The van der Waals surface area contributed by atoms with E-state index in [-0.39, 0.29) is 17.4 Å². The van der Waals surface area contributed by atoms with Crippen LogP contribution in [0.25, 0.3) is 16.5 Å². The number of hydrogen-bond acceptors (Lipinski definition) is 6. The zero-order chi connectivity index (χ0) is 21.8. The lowest BCUT2D eigenvalue weighted by molar-refractivity contribution is 0.102. The average Bonchev–Trinajstić information content (AvgIpc) is 3.44. The first-order valence-corrected chi connectivity index (χ1v) is 10.7. The predicted molar refractivity (Wildman–Crippen MR) is 120 cm³/mol. The Bertz CT molecular complexity index is 1260. The van der Waals surface area contributed by atoms with Crippen molar-refractivity contribution in [3.63, 3.8) is 0 Å². The fraction of sp³-hybridized carbons (Fsp3) is 0.182. The van der Waals surface area contributed by atoms with Crippen LogP contribution >= 0.6 is 11.3 Å². The van der Waals surface area contributed by atoms with Gasteiger partial charge < -0.3 is 10.1 Å². The maximum atomic E-state index is 13.1. The Balaban J connectivity index is 1.77. The van der Waals surface area contributed by atoms with Crippen LogP contribution in [0.5, 0.6) is 5.75 Å². The Kier molecular flexibility index (Phi) is 5.94. The molecule has 0 atom stereocenters. The average molecular weight is 436 g/mol. The number of carbonyl (C=O) groups is 1. The molecule has 0 aliphatic carbocycles. The molecule has 0 unspecified atom stereocenters. The van der Waals surface area contributed by atoms with Gasteiger partial charge in [-0.25, -0.2) is 4.98 Å². The van der Waals surface area contributed by atoms with E-state index in [9.17, 15) is 9.59 Å². The summed E-state index contributed by atoms with van der Waals surface area (Å²) in [6, 6.07) is 14.1. The molecule has 31 heavy (non-hydrogen) atoms. The number of aryl methyl sites for hydroxylation is 1. The van der Waals surface area contributed by atoms with Gasteiger partial charge in [0, 0.05) is 17.8 Å². The van der Waals surface area contributed by atoms with Crippen molar-refractivity contribution in [3.05, 3.63) is 75.5 Å². The first-order chi connectivity index (χ1) is 15.1. The smallest absolute Gasteiger partial charge is 0.260 e. The molecule has 158 valence electrons. The summed E-state index contributed by atoms with van der Waals surface area (Å²) in [5.74, 6) is 0.764. The van der Waals surface area contributed by atoms with Gasteiger partial charge >= 0.3 is 0 Å². The number of anilines is 1. The molecule has 0 spiro atoms. The van der Waals surface area contributed by atoms with E-state index < -0.39 is 0 Å². The highest BCUT2D eigenvalue weighted by atomic mass is 32.1. The lowest BCUT2D eigenvalue weighted by Gasteiger charge is -2.11. The highest BCUT2D eigenvalue weighted by Crippen LogP contribution is 2.28. The summed E-state index contributed by atoms with van der Waals surface area (Å²) in [6.45, 7) is 4.22. The highest BCUT2D eigenvalue weighted by molar-refractivity contribution is 7.13. The van der Waals surface area contributed by atoms with E-state index in [4.69, 9.17) is 4.74 Å². The third kappa shape index (κ3) is 4.41. The molecule has 8 nitrogen and oxygen atoms in total. The Hall–Kier alpha value is -3.72. The minimum atomic E-state index is -0.350. The number of aromatic amines is 1. The number of rotatable bonds is 7. The molecule has 4 aromatic rings. The number of nitrogens with zero attached hydrogens (tertiary/aromatic N) is 3. The van der Waals surface area contributed by atoms with Crippen molar-refractivity contribution in [1.82, 2.24) is 19.7 Å². The fourth-order valence-corrected chi connectivity index (χ4v) is 3.75. The number of para-hydroxylation sites is 1. The number of carbonyl (C=O) groups excluding carboxylic acids is 1. The summed E-state index contributed by atoms with van der Waals surface area (Å²) in [7, 11) is 0. The second-order valence-corrected chi connectivity index (χ2v) is 7.55. The maximum absolute atomic E-state index is 13.1. The van der Waals surface area contributed by atoms with Crippen LogP contribution in [0.3, 0.4) is 0 Å². The van der Waals surface area contributed by atoms with Crippen LogP contribution in [0.4, 0.5) is 5.82 Å². The van der Waals surface area contributed by atoms with E-state index >= 15 is 0 Å². The Morgan fingerprint density at radius 2 is 2.03 bits per heavy atom. The van der Waals surface area contributed by atoms with Crippen molar-refractivity contribution >= 4 is 23.1 Å². The number of benzene rings is 1. The quantitative estimate of drug-likeness (QED) is 0.458. The van der Waals surface area contributed by atoms with Crippen molar-refractivity contribution < 1.29 is 9.53 Å². The fourth-order valence-electron chi connectivity index (χ4n) is 3.07. The number of H-pyrrole nitrogens is 1. The minimum absolute atomic E-state index is 0.237. The van der Waals surface area contributed by atoms with Gasteiger partial charge in [-0.2, -0.15) is 9.78 Å². The van der Waals surface area contributed by atoms with E-state index in [0.717, 1.165) is 4.88 Å². The molecule has 1 aromatic carbocycles. The lowest BCUT2D eigenvalue weighted by Crippen LogP contribution is -2.19. The summed E-state index contributed by atoms with van der Waals surface area (Å²) < 4.78 is 7.02. The molecule has 0 aliphatic rings. The third-order valence-electron chi connectivity index (χ3n) is 4.50. The maximum Gasteiger partial charge on any atom is 0.260 e. The first-order valence-electron chi connectivity index (χ1n) is 9.86. The largest absolute Gasteiger partial charge is 0.493 e. The van der Waals surface area contributed by atoms with Crippen LogP contribution in [-0.2, 0) is 6.42 Å². The van der Waals surface area contributed by atoms with Gasteiger partial charge in [0.05, 0.1) is 17.0 Å². The third-order valence-corrected chi connectivity index (χ3v) is 5.39. The Morgan fingerprint density at radius 1 is 1.19 bits per heavy atom. The number of amides is 1. The van der Waals surface area contributed by atoms with Crippen LogP contribution in [0.15, 0.2) is 58.7 Å². The molecular formula is C22H21N5O3S. The summed E-state index contributed by atoms with van der Waals surface area (Å²) in [6.07, 6.45) is 0.597. The molecule has 1 amide bonds. The molecule has 0 bridgehead atoms. The normalized spacial score (nSPS) is 10.8. The summed E-state index contributed by atoms with van der Waals surface area (Å²) in [5, 5.41) is 9.43. The van der Waals surface area contributed by atoms with Gasteiger partial charge in [0.2, 0.25) is 5.95 Å². The summed E-state index contributed by atoms with van der Waals surface area (Å²) >= 11 is 1.53. The van der Waals surface area contributed by atoms with Crippen molar-refractivity contribution in [3.8, 4) is 22.3 Å². The second-order valence-electron chi connectivity index (χ2n) is 6.60. The molecule has 3 heterocycles. The monoisotopic (exact) mass is 435 g/mol. The van der Waals surface area contributed by atoms with Crippen LogP contribution in [0, 0.1) is 0 Å². The van der Waals surface area contributed by atoms with E-state index in [1.54, 1.807) is 24.3 Å². The standard InChI is InChI=1S/C22H21N5O3S/c1-3-14-12-20(28)25-22(23-14)27-19(13-16(26-27)18-10-7-11-31-18)24-21(29)15-8-5-6-9-17(15)30-4-2/h5-13H,3-4H2,1-2H3,(H,24,29)(H,23,25,28). The molecule has 4 rings (SSSR count). The van der Waals surface area contributed by atoms with Gasteiger partial charge in [-0.05, 0) is 36.9 Å². The van der Waals surface area contributed by atoms with Crippen LogP contribution in [0.1, 0.15) is 29.9 Å². The van der Waals surface area contributed by atoms with Crippen molar-refractivity contribution in [2.24, 2.45) is 0 Å². The molecule has 0 saturated heterocycles. The number of aromatic nitrogens is 4. The van der Waals surface area contributed by atoms with Gasteiger partial charge in [-0.3, -0.25) is 14.6 Å². The SMILES string of the molecule is CCOc1ccccc1C(=O)Nc1cc(-c2cccs2)nn1-c1nc(CC)cc(=O)[nH]1. The topological polar surface area (TPSA) is 102 Å². The zero-order valence-corrected chi connectivity index (χ0v) is 17.9. The van der Waals surface area contributed by atoms with E-state index in [2.05, 4.69) is 20.4 Å². The molecule has 0 saturated carbocycles. The van der Waals surface area contributed by atoms with E-state index in [1.807, 2.05) is 37.4 Å². The van der Waals surface area contributed by atoms with Crippen molar-refractivity contribution in [2.75, 3.05) is 11.9 Å². The highest BCUT2D eigenvalue weighted by Gasteiger charge is 2.19. The van der Waals surface area contributed by atoms with Gasteiger partial charge in [0.25, 0.3) is 11.5 Å². The van der Waals surface area contributed by atoms with Crippen LogP contribution in [0.2, 0.25) is 0 Å². The van der Waals surface area contributed by atoms with E-state index in [1.165, 1.54) is 22.1 Å². The number of thiophene rings is 1. The summed E-state index contributed by atoms with van der Waals surface area (Å²) in [5.41, 5.74) is 1.41. The summed E-state index contributed by atoms with van der Waals surface area (Å²) in [4.78, 5) is 33.3. The van der Waals surface area contributed by atoms with Crippen LogP contribution in [-0.4, -0.2) is 32.3 Å². The number of ether oxygens (including phenoxy) is 1. The van der Waals surface area contributed by atoms with Crippen molar-refractivity contribution in [1.29, 1.82) is 0 Å². The van der Waals surface area contributed by atoms with E-state index in [0.29, 0.717) is 41.5 Å². The number of hydrogen-bond donors (Lipinski definition) is 2. The predicted octanol–water partition coefficient (Wildman–Crippen LogP) is 3.90. The zero-order valence-electron chi connectivity index (χ0n) is 17.1. The van der Waals surface area contributed by atoms with Gasteiger partial charge in [-0.15, -0.1) is 11.3 Å².